The fourth-order valence-electron chi connectivity index (χ4n) is 1.66. The van der Waals surface area contributed by atoms with Crippen molar-refractivity contribution in [1.29, 1.82) is 0 Å². The van der Waals surface area contributed by atoms with Gasteiger partial charge in [-0.3, -0.25) is 4.99 Å². The van der Waals surface area contributed by atoms with Crippen molar-refractivity contribution in [2.75, 3.05) is 7.05 Å². The molecular weight excluding hydrogens is 242 g/mol. The summed E-state index contributed by atoms with van der Waals surface area (Å²) in [4.78, 5) is 4.25. The normalized spacial score (nSPS) is 13.7. The summed E-state index contributed by atoms with van der Waals surface area (Å²) in [7, 11) is 1.82. The van der Waals surface area contributed by atoms with Gasteiger partial charge in [-0.1, -0.05) is 13.8 Å². The number of hydrogen-bond acceptors (Lipinski definition) is 2. The number of hydrogen-bond donors (Lipinski definition) is 2. The molecule has 1 rings (SSSR count). The number of rotatable bonds is 6. The Morgan fingerprint density at radius 1 is 1.33 bits per heavy atom. The summed E-state index contributed by atoms with van der Waals surface area (Å²) in [5, 5.41) is 11.0. The maximum atomic E-state index is 4.25. The van der Waals surface area contributed by atoms with Crippen molar-refractivity contribution >= 4 is 17.3 Å². The first-order valence-electron chi connectivity index (χ1n) is 6.60. The fraction of sp³-hybridized carbons (Fsp3) is 0.643. The van der Waals surface area contributed by atoms with E-state index >= 15 is 0 Å². The molecule has 4 heteroatoms. The molecule has 1 heterocycles. The highest BCUT2D eigenvalue weighted by Gasteiger charge is 2.06. The van der Waals surface area contributed by atoms with Gasteiger partial charge in [0.15, 0.2) is 5.96 Å². The van der Waals surface area contributed by atoms with Crippen molar-refractivity contribution in [3.8, 4) is 0 Å². The summed E-state index contributed by atoms with van der Waals surface area (Å²) in [5.74, 6) is 1.65. The lowest BCUT2D eigenvalue weighted by Crippen LogP contribution is -2.41. The van der Waals surface area contributed by atoms with E-state index in [1.54, 1.807) is 11.3 Å². The van der Waals surface area contributed by atoms with Crippen molar-refractivity contribution in [1.82, 2.24) is 10.6 Å². The SMILES string of the molecule is CN=C(NCc1ccsc1)NC(C)CCC(C)C. The van der Waals surface area contributed by atoms with E-state index in [-0.39, 0.29) is 0 Å². The van der Waals surface area contributed by atoms with Gasteiger partial charge in [-0.15, -0.1) is 0 Å². The van der Waals surface area contributed by atoms with E-state index in [2.05, 4.69) is 53.2 Å². The van der Waals surface area contributed by atoms with Crippen LogP contribution in [0.5, 0.6) is 0 Å². The Hall–Kier alpha value is -1.03. The van der Waals surface area contributed by atoms with Crippen LogP contribution < -0.4 is 10.6 Å². The Bertz CT molecular complexity index is 344. The Morgan fingerprint density at radius 2 is 2.11 bits per heavy atom. The summed E-state index contributed by atoms with van der Waals surface area (Å²) in [6.45, 7) is 7.56. The number of nitrogens with zero attached hydrogens (tertiary/aromatic N) is 1. The number of aliphatic imine (C=N–C) groups is 1. The molecule has 0 aliphatic rings. The molecule has 0 radical (unpaired) electrons. The monoisotopic (exact) mass is 267 g/mol. The minimum Gasteiger partial charge on any atom is -0.354 e. The third kappa shape index (κ3) is 6.05. The second kappa shape index (κ2) is 8.14. The number of thiophene rings is 1. The summed E-state index contributed by atoms with van der Waals surface area (Å²) < 4.78 is 0. The summed E-state index contributed by atoms with van der Waals surface area (Å²) in [6, 6.07) is 2.59. The summed E-state index contributed by atoms with van der Waals surface area (Å²) in [6.07, 6.45) is 2.42. The third-order valence-corrected chi connectivity index (χ3v) is 3.56. The fourth-order valence-corrected chi connectivity index (χ4v) is 2.33. The van der Waals surface area contributed by atoms with Crippen molar-refractivity contribution in [3.05, 3.63) is 22.4 Å². The molecule has 0 aliphatic heterocycles. The van der Waals surface area contributed by atoms with Crippen molar-refractivity contribution in [3.63, 3.8) is 0 Å². The van der Waals surface area contributed by atoms with E-state index in [4.69, 9.17) is 0 Å². The van der Waals surface area contributed by atoms with Gasteiger partial charge >= 0.3 is 0 Å². The average molecular weight is 267 g/mol. The third-order valence-electron chi connectivity index (χ3n) is 2.82. The lowest BCUT2D eigenvalue weighted by molar-refractivity contribution is 0.489. The highest BCUT2D eigenvalue weighted by molar-refractivity contribution is 7.07. The van der Waals surface area contributed by atoms with Gasteiger partial charge in [0.05, 0.1) is 0 Å². The van der Waals surface area contributed by atoms with Crippen LogP contribution in [0.1, 0.15) is 39.2 Å². The molecule has 2 N–H and O–H groups in total. The molecule has 0 saturated carbocycles. The lowest BCUT2D eigenvalue weighted by atomic mass is 10.0. The molecule has 0 amide bonds. The van der Waals surface area contributed by atoms with E-state index < -0.39 is 0 Å². The Balaban J connectivity index is 2.29. The predicted octanol–water partition coefficient (Wildman–Crippen LogP) is 3.24. The lowest BCUT2D eigenvalue weighted by Gasteiger charge is -2.18. The van der Waals surface area contributed by atoms with E-state index in [1.807, 2.05) is 7.05 Å². The second-order valence-corrected chi connectivity index (χ2v) is 5.85. The van der Waals surface area contributed by atoms with E-state index in [9.17, 15) is 0 Å². The molecule has 1 aromatic rings. The van der Waals surface area contributed by atoms with Gasteiger partial charge in [-0.25, -0.2) is 0 Å². The van der Waals surface area contributed by atoms with Gasteiger partial charge in [-0.05, 0) is 48.1 Å². The zero-order valence-electron chi connectivity index (χ0n) is 11.9. The largest absolute Gasteiger partial charge is 0.354 e. The molecule has 0 fully saturated rings. The number of guanidine groups is 1. The average Bonchev–Trinajstić information content (AvgIpc) is 2.84. The second-order valence-electron chi connectivity index (χ2n) is 5.07. The smallest absolute Gasteiger partial charge is 0.191 e. The van der Waals surface area contributed by atoms with Crippen LogP contribution in [0.3, 0.4) is 0 Å². The molecule has 0 saturated heterocycles. The molecule has 1 aromatic heterocycles. The van der Waals surface area contributed by atoms with Gasteiger partial charge < -0.3 is 10.6 Å². The maximum Gasteiger partial charge on any atom is 0.191 e. The summed E-state index contributed by atoms with van der Waals surface area (Å²) >= 11 is 1.72. The number of nitrogens with one attached hydrogen (secondary N) is 2. The van der Waals surface area contributed by atoms with Crippen LogP contribution in [0.15, 0.2) is 21.8 Å². The first-order valence-corrected chi connectivity index (χ1v) is 7.54. The quantitative estimate of drug-likeness (QED) is 0.613. The first-order chi connectivity index (χ1) is 8.61. The van der Waals surface area contributed by atoms with Gasteiger partial charge in [-0.2, -0.15) is 11.3 Å². The highest BCUT2D eigenvalue weighted by atomic mass is 32.1. The van der Waals surface area contributed by atoms with Gasteiger partial charge in [0.2, 0.25) is 0 Å². The summed E-state index contributed by atoms with van der Waals surface area (Å²) in [5.41, 5.74) is 1.30. The van der Waals surface area contributed by atoms with Crippen LogP contribution in [0.2, 0.25) is 0 Å². The Kier molecular flexibility index (Phi) is 6.80. The molecule has 0 spiro atoms. The molecule has 3 nitrogen and oxygen atoms in total. The van der Waals surface area contributed by atoms with E-state index in [1.165, 1.54) is 18.4 Å². The van der Waals surface area contributed by atoms with Crippen LogP contribution >= 0.6 is 11.3 Å². The molecule has 1 unspecified atom stereocenters. The minimum atomic E-state index is 0.459. The Morgan fingerprint density at radius 3 is 2.67 bits per heavy atom. The molecule has 0 bridgehead atoms. The maximum absolute atomic E-state index is 4.25. The van der Waals surface area contributed by atoms with Gasteiger partial charge in [0, 0.05) is 19.6 Å². The van der Waals surface area contributed by atoms with E-state index in [0.29, 0.717) is 6.04 Å². The van der Waals surface area contributed by atoms with Crippen LogP contribution in [0.25, 0.3) is 0 Å². The molecule has 102 valence electrons. The van der Waals surface area contributed by atoms with E-state index in [0.717, 1.165) is 18.4 Å². The topological polar surface area (TPSA) is 36.4 Å². The van der Waals surface area contributed by atoms with Crippen LogP contribution in [-0.4, -0.2) is 19.0 Å². The van der Waals surface area contributed by atoms with Crippen LogP contribution in [-0.2, 0) is 6.54 Å². The predicted molar refractivity (Wildman–Crippen MR) is 81.2 cm³/mol. The molecule has 0 aromatic carbocycles. The molecule has 1 atom stereocenters. The zero-order chi connectivity index (χ0) is 13.4. The molecule has 0 aliphatic carbocycles. The van der Waals surface area contributed by atoms with Crippen LogP contribution in [0, 0.1) is 5.92 Å². The van der Waals surface area contributed by atoms with Gasteiger partial charge in [0.1, 0.15) is 0 Å². The minimum absolute atomic E-state index is 0.459. The van der Waals surface area contributed by atoms with Gasteiger partial charge in [0.25, 0.3) is 0 Å². The first kappa shape index (κ1) is 15.0. The van der Waals surface area contributed by atoms with Crippen molar-refractivity contribution in [2.24, 2.45) is 10.9 Å². The molecular formula is C14H25N3S. The molecule has 18 heavy (non-hydrogen) atoms. The standard InChI is InChI=1S/C14H25N3S/c1-11(2)5-6-12(3)17-14(15-4)16-9-13-7-8-18-10-13/h7-8,10-12H,5-6,9H2,1-4H3,(H2,15,16,17). The highest BCUT2D eigenvalue weighted by Crippen LogP contribution is 2.07. The van der Waals surface area contributed by atoms with Crippen molar-refractivity contribution in [2.45, 2.75) is 46.2 Å². The van der Waals surface area contributed by atoms with Crippen LogP contribution in [0.4, 0.5) is 0 Å². The van der Waals surface area contributed by atoms with Crippen molar-refractivity contribution < 1.29 is 0 Å². The zero-order valence-corrected chi connectivity index (χ0v) is 12.7. The Labute approximate surface area is 115 Å².